The standard InChI is InChI=1S/C21H19Cl2NO4/c1-12-4-7-14-15(22)11-16(23)21(20(14)24-12)28-19(25)9-6-13-5-8-17(26-2)18(10-13)27-3/h4-5,7-8,10-11H,6,9H2,1-3H3. The van der Waals surface area contributed by atoms with Crippen molar-refractivity contribution in [1.82, 2.24) is 4.98 Å². The Balaban J connectivity index is 1.78. The zero-order chi connectivity index (χ0) is 20.3. The fourth-order valence-corrected chi connectivity index (χ4v) is 3.39. The van der Waals surface area contributed by atoms with Crippen LogP contribution in [-0.4, -0.2) is 25.2 Å². The SMILES string of the molecule is COc1ccc(CCC(=O)Oc2c(Cl)cc(Cl)c3ccc(C)nc23)cc1OC. The number of aryl methyl sites for hydroxylation is 2. The molecule has 28 heavy (non-hydrogen) atoms. The number of hydrogen-bond acceptors (Lipinski definition) is 5. The lowest BCUT2D eigenvalue weighted by molar-refractivity contribution is -0.134. The summed E-state index contributed by atoms with van der Waals surface area (Å²) in [7, 11) is 3.14. The highest BCUT2D eigenvalue weighted by Gasteiger charge is 2.17. The molecule has 0 atom stereocenters. The highest BCUT2D eigenvalue weighted by molar-refractivity contribution is 6.39. The van der Waals surface area contributed by atoms with Crippen molar-refractivity contribution in [2.75, 3.05) is 14.2 Å². The molecule has 0 spiro atoms. The van der Waals surface area contributed by atoms with Crippen molar-refractivity contribution >= 4 is 40.1 Å². The molecule has 1 heterocycles. The maximum absolute atomic E-state index is 12.4. The van der Waals surface area contributed by atoms with E-state index in [2.05, 4.69) is 4.98 Å². The molecule has 0 radical (unpaired) electrons. The third kappa shape index (κ3) is 4.32. The summed E-state index contributed by atoms with van der Waals surface area (Å²) in [6.07, 6.45) is 0.649. The maximum Gasteiger partial charge on any atom is 0.311 e. The summed E-state index contributed by atoms with van der Waals surface area (Å²) < 4.78 is 16.1. The van der Waals surface area contributed by atoms with Crippen LogP contribution in [0.25, 0.3) is 10.9 Å². The van der Waals surface area contributed by atoms with Crippen LogP contribution in [0.5, 0.6) is 17.2 Å². The number of nitrogens with zero attached hydrogens (tertiary/aromatic N) is 1. The minimum Gasteiger partial charge on any atom is -0.493 e. The van der Waals surface area contributed by atoms with Crippen LogP contribution in [0.1, 0.15) is 17.7 Å². The van der Waals surface area contributed by atoms with Gasteiger partial charge in [-0.25, -0.2) is 4.98 Å². The van der Waals surface area contributed by atoms with Crippen LogP contribution in [0.4, 0.5) is 0 Å². The number of halogens is 2. The van der Waals surface area contributed by atoms with Gasteiger partial charge in [0.05, 0.1) is 24.3 Å². The minimum absolute atomic E-state index is 0.168. The Morgan fingerprint density at radius 3 is 2.46 bits per heavy atom. The smallest absolute Gasteiger partial charge is 0.311 e. The second kappa shape index (κ2) is 8.67. The molecule has 2 aromatic carbocycles. The van der Waals surface area contributed by atoms with Crippen molar-refractivity contribution in [3.8, 4) is 17.2 Å². The number of aromatic nitrogens is 1. The van der Waals surface area contributed by atoms with Crippen molar-refractivity contribution < 1.29 is 19.0 Å². The largest absolute Gasteiger partial charge is 0.493 e. The molecule has 5 nitrogen and oxygen atoms in total. The molecule has 0 fully saturated rings. The average Bonchev–Trinajstić information content (AvgIpc) is 2.69. The van der Waals surface area contributed by atoms with Gasteiger partial charge < -0.3 is 14.2 Å². The molecule has 7 heteroatoms. The summed E-state index contributed by atoms with van der Waals surface area (Å²) in [5.41, 5.74) is 2.17. The number of rotatable bonds is 6. The number of methoxy groups -OCH3 is 2. The first-order chi connectivity index (χ1) is 13.4. The van der Waals surface area contributed by atoms with Crippen LogP contribution in [0.15, 0.2) is 36.4 Å². The number of fused-ring (bicyclic) bond motifs is 1. The quantitative estimate of drug-likeness (QED) is 0.395. The van der Waals surface area contributed by atoms with E-state index in [1.807, 2.05) is 31.2 Å². The fraction of sp³-hybridized carbons (Fsp3) is 0.238. The molecule has 0 saturated heterocycles. The average molecular weight is 420 g/mol. The van der Waals surface area contributed by atoms with Gasteiger partial charge in [-0.2, -0.15) is 0 Å². The first kappa shape index (κ1) is 20.2. The second-order valence-corrected chi connectivity index (χ2v) is 7.00. The molecule has 1 aromatic heterocycles. The Morgan fingerprint density at radius 2 is 1.75 bits per heavy atom. The van der Waals surface area contributed by atoms with Crippen molar-refractivity contribution in [1.29, 1.82) is 0 Å². The van der Waals surface area contributed by atoms with Gasteiger partial charge >= 0.3 is 5.97 Å². The van der Waals surface area contributed by atoms with Gasteiger partial charge in [-0.05, 0) is 49.2 Å². The Kier molecular flexibility index (Phi) is 6.27. The molecule has 0 aliphatic heterocycles. The van der Waals surface area contributed by atoms with E-state index < -0.39 is 5.97 Å². The van der Waals surface area contributed by atoms with Gasteiger partial charge in [0, 0.05) is 17.5 Å². The molecule has 3 rings (SSSR count). The van der Waals surface area contributed by atoms with Crippen LogP contribution >= 0.6 is 23.2 Å². The number of ether oxygens (including phenoxy) is 3. The molecule has 0 amide bonds. The zero-order valence-electron chi connectivity index (χ0n) is 15.7. The lowest BCUT2D eigenvalue weighted by Gasteiger charge is -2.12. The van der Waals surface area contributed by atoms with Crippen molar-refractivity contribution in [2.45, 2.75) is 19.8 Å². The van der Waals surface area contributed by atoms with Crippen LogP contribution in [0.2, 0.25) is 10.0 Å². The second-order valence-electron chi connectivity index (χ2n) is 6.18. The van der Waals surface area contributed by atoms with Crippen molar-refractivity contribution in [3.63, 3.8) is 0 Å². The summed E-state index contributed by atoms with van der Waals surface area (Å²) in [5, 5.41) is 1.38. The summed E-state index contributed by atoms with van der Waals surface area (Å²) in [4.78, 5) is 16.9. The van der Waals surface area contributed by atoms with E-state index in [1.165, 1.54) is 0 Å². The van der Waals surface area contributed by atoms with Crippen LogP contribution < -0.4 is 14.2 Å². The Morgan fingerprint density at radius 1 is 1.00 bits per heavy atom. The molecule has 146 valence electrons. The molecule has 0 unspecified atom stereocenters. The Hall–Kier alpha value is -2.50. The van der Waals surface area contributed by atoms with Gasteiger partial charge in [-0.1, -0.05) is 29.3 Å². The summed E-state index contributed by atoms with van der Waals surface area (Å²) >= 11 is 12.5. The molecule has 0 saturated carbocycles. The van der Waals surface area contributed by atoms with Crippen LogP contribution in [0.3, 0.4) is 0 Å². The van der Waals surface area contributed by atoms with Gasteiger partial charge in [0.25, 0.3) is 0 Å². The molecule has 0 N–H and O–H groups in total. The number of carbonyl (C=O) groups is 1. The monoisotopic (exact) mass is 419 g/mol. The number of hydrogen-bond donors (Lipinski definition) is 0. The maximum atomic E-state index is 12.4. The molecule has 0 bridgehead atoms. The lowest BCUT2D eigenvalue weighted by atomic mass is 10.1. The number of pyridine rings is 1. The molecule has 0 aliphatic rings. The Bertz CT molecular complexity index is 1040. The van der Waals surface area contributed by atoms with E-state index in [0.717, 1.165) is 11.3 Å². The molecular formula is C21H19Cl2NO4. The van der Waals surface area contributed by atoms with Crippen LogP contribution in [-0.2, 0) is 11.2 Å². The summed E-state index contributed by atoms with van der Waals surface area (Å²) in [6, 6.07) is 10.7. The summed E-state index contributed by atoms with van der Waals surface area (Å²) in [6.45, 7) is 1.84. The van der Waals surface area contributed by atoms with E-state index in [9.17, 15) is 4.79 Å². The Labute approximate surface area is 173 Å². The topological polar surface area (TPSA) is 57.7 Å². The highest BCUT2D eigenvalue weighted by atomic mass is 35.5. The molecule has 3 aromatic rings. The molecular weight excluding hydrogens is 401 g/mol. The van der Waals surface area contributed by atoms with Gasteiger partial charge in [0.15, 0.2) is 17.2 Å². The van der Waals surface area contributed by atoms with Crippen molar-refractivity contribution in [3.05, 3.63) is 57.7 Å². The van der Waals surface area contributed by atoms with Gasteiger partial charge in [0.2, 0.25) is 0 Å². The third-order valence-corrected chi connectivity index (χ3v) is 4.85. The third-order valence-electron chi connectivity index (χ3n) is 4.26. The normalized spacial score (nSPS) is 10.8. The lowest BCUT2D eigenvalue weighted by Crippen LogP contribution is -2.10. The first-order valence-electron chi connectivity index (χ1n) is 8.60. The van der Waals surface area contributed by atoms with Gasteiger partial charge in [-0.15, -0.1) is 0 Å². The van der Waals surface area contributed by atoms with Crippen LogP contribution in [0, 0.1) is 6.92 Å². The number of carbonyl (C=O) groups excluding carboxylic acids is 1. The van der Waals surface area contributed by atoms with E-state index in [-0.39, 0.29) is 17.2 Å². The number of esters is 1. The highest BCUT2D eigenvalue weighted by Crippen LogP contribution is 2.37. The predicted molar refractivity (Wildman–Crippen MR) is 110 cm³/mol. The van der Waals surface area contributed by atoms with Gasteiger partial charge in [0.1, 0.15) is 5.52 Å². The summed E-state index contributed by atoms with van der Waals surface area (Å²) in [5.74, 6) is 1.06. The van der Waals surface area contributed by atoms with E-state index in [1.54, 1.807) is 26.4 Å². The molecule has 0 aliphatic carbocycles. The first-order valence-corrected chi connectivity index (χ1v) is 9.35. The van der Waals surface area contributed by atoms with E-state index in [4.69, 9.17) is 37.4 Å². The number of benzene rings is 2. The predicted octanol–water partition coefficient (Wildman–Crippen LogP) is 5.41. The van der Waals surface area contributed by atoms with Crippen molar-refractivity contribution in [2.24, 2.45) is 0 Å². The minimum atomic E-state index is -0.413. The fourth-order valence-electron chi connectivity index (χ4n) is 2.83. The van der Waals surface area contributed by atoms with E-state index in [0.29, 0.717) is 33.8 Å². The zero-order valence-corrected chi connectivity index (χ0v) is 17.2. The van der Waals surface area contributed by atoms with E-state index >= 15 is 0 Å². The van der Waals surface area contributed by atoms with Gasteiger partial charge in [-0.3, -0.25) is 4.79 Å².